The van der Waals surface area contributed by atoms with E-state index in [2.05, 4.69) is 31.9 Å². The second-order valence-electron chi connectivity index (χ2n) is 4.71. The molecule has 0 fully saturated rings. The molecule has 0 saturated carbocycles. The van der Waals surface area contributed by atoms with E-state index < -0.39 is 11.9 Å². The average molecular weight is 442 g/mol. The fourth-order valence-corrected chi connectivity index (χ4v) is 2.58. The van der Waals surface area contributed by atoms with E-state index in [4.69, 9.17) is 9.47 Å². The number of benzene rings is 2. The van der Waals surface area contributed by atoms with Crippen LogP contribution in [-0.2, 0) is 4.74 Å². The molecule has 0 saturated heterocycles. The molecule has 0 radical (unpaired) electrons. The quantitative estimate of drug-likeness (QED) is 0.499. The highest BCUT2D eigenvalue weighted by molar-refractivity contribution is 9.10. The molecule has 0 spiro atoms. The van der Waals surface area contributed by atoms with Crippen molar-refractivity contribution in [2.45, 2.75) is 13.8 Å². The van der Waals surface area contributed by atoms with Gasteiger partial charge in [0.25, 0.3) is 0 Å². The molecule has 0 unspecified atom stereocenters. The van der Waals surface area contributed by atoms with Crippen LogP contribution < -0.4 is 4.74 Å². The summed E-state index contributed by atoms with van der Waals surface area (Å²) in [5.41, 5.74) is 1.60. The second kappa shape index (κ2) is 7.75. The van der Waals surface area contributed by atoms with Gasteiger partial charge >= 0.3 is 11.9 Å². The third kappa shape index (κ3) is 4.42. The van der Waals surface area contributed by atoms with Gasteiger partial charge in [-0.25, -0.2) is 9.59 Å². The van der Waals surface area contributed by atoms with Gasteiger partial charge in [-0.1, -0.05) is 37.9 Å². The largest absolute Gasteiger partial charge is 0.462 e. The number of ether oxygens (including phenoxy) is 2. The molecule has 0 N–H and O–H groups in total. The summed E-state index contributed by atoms with van der Waals surface area (Å²) in [5.74, 6) is -0.923. The highest BCUT2D eigenvalue weighted by Crippen LogP contribution is 2.26. The minimum atomic E-state index is -0.543. The number of hydrogen-bond donors (Lipinski definition) is 0. The maximum absolute atomic E-state index is 12.3. The Kier molecular flexibility index (Phi) is 5.96. The van der Waals surface area contributed by atoms with Crippen LogP contribution in [0.25, 0.3) is 0 Å². The molecule has 0 heterocycles. The van der Waals surface area contributed by atoms with Gasteiger partial charge in [-0.2, -0.15) is 0 Å². The van der Waals surface area contributed by atoms with Crippen LogP contribution >= 0.6 is 31.9 Å². The second-order valence-corrected chi connectivity index (χ2v) is 6.48. The first-order chi connectivity index (χ1) is 10.9. The van der Waals surface area contributed by atoms with Crippen molar-refractivity contribution in [1.29, 1.82) is 0 Å². The Hall–Kier alpha value is -1.66. The van der Waals surface area contributed by atoms with Crippen molar-refractivity contribution in [2.24, 2.45) is 0 Å². The normalized spacial score (nSPS) is 10.3. The Labute approximate surface area is 151 Å². The molecule has 6 heteroatoms. The molecule has 0 aliphatic heterocycles. The average Bonchev–Trinajstić information content (AvgIpc) is 2.51. The van der Waals surface area contributed by atoms with Crippen LogP contribution in [0, 0.1) is 6.92 Å². The van der Waals surface area contributed by atoms with Crippen LogP contribution in [0.4, 0.5) is 0 Å². The lowest BCUT2D eigenvalue weighted by Gasteiger charge is -2.10. The number of aryl methyl sites for hydroxylation is 1. The summed E-state index contributed by atoms with van der Waals surface area (Å²) < 4.78 is 11.9. The van der Waals surface area contributed by atoms with Gasteiger partial charge in [-0.15, -0.1) is 0 Å². The van der Waals surface area contributed by atoms with Gasteiger partial charge in [0, 0.05) is 8.95 Å². The number of esters is 2. The highest BCUT2D eigenvalue weighted by Gasteiger charge is 2.18. The van der Waals surface area contributed by atoms with Gasteiger partial charge in [0.15, 0.2) is 0 Å². The molecule has 0 aliphatic carbocycles. The van der Waals surface area contributed by atoms with Crippen molar-refractivity contribution >= 4 is 43.8 Å². The van der Waals surface area contributed by atoms with Crippen LogP contribution in [0.15, 0.2) is 45.3 Å². The summed E-state index contributed by atoms with van der Waals surface area (Å²) in [6, 6.07) is 9.97. The Morgan fingerprint density at radius 1 is 1.04 bits per heavy atom. The van der Waals surface area contributed by atoms with Gasteiger partial charge in [0.2, 0.25) is 0 Å². The van der Waals surface area contributed by atoms with E-state index >= 15 is 0 Å². The number of carbonyl (C=O) groups is 2. The predicted molar refractivity (Wildman–Crippen MR) is 93.9 cm³/mol. The Morgan fingerprint density at radius 3 is 2.43 bits per heavy atom. The van der Waals surface area contributed by atoms with Crippen LogP contribution in [0.1, 0.15) is 33.2 Å². The van der Waals surface area contributed by atoms with Gasteiger partial charge in [0.05, 0.1) is 12.2 Å². The summed E-state index contributed by atoms with van der Waals surface area (Å²) in [5, 5.41) is 0. The monoisotopic (exact) mass is 440 g/mol. The minimum Gasteiger partial charge on any atom is -0.462 e. The van der Waals surface area contributed by atoms with Crippen molar-refractivity contribution in [3.8, 4) is 5.75 Å². The van der Waals surface area contributed by atoms with Crippen molar-refractivity contribution in [1.82, 2.24) is 0 Å². The SMILES string of the molecule is CCOC(=O)c1cc(Br)ccc1OC(=O)c1ccc(C)c(Br)c1. The summed E-state index contributed by atoms with van der Waals surface area (Å²) >= 11 is 6.67. The van der Waals surface area contributed by atoms with E-state index in [9.17, 15) is 9.59 Å². The lowest BCUT2D eigenvalue weighted by molar-refractivity contribution is 0.0520. The van der Waals surface area contributed by atoms with Gasteiger partial charge in [-0.05, 0) is 49.7 Å². The molecular weight excluding hydrogens is 428 g/mol. The summed E-state index contributed by atoms with van der Waals surface area (Å²) in [7, 11) is 0. The number of rotatable bonds is 4. The highest BCUT2D eigenvalue weighted by atomic mass is 79.9. The molecule has 0 atom stereocenters. The number of carbonyl (C=O) groups excluding carboxylic acids is 2. The van der Waals surface area contributed by atoms with Gasteiger partial charge in [-0.3, -0.25) is 0 Å². The van der Waals surface area contributed by atoms with Crippen LogP contribution in [0.5, 0.6) is 5.75 Å². The Bertz CT molecular complexity index is 756. The summed E-state index contributed by atoms with van der Waals surface area (Å²) in [6.07, 6.45) is 0. The standard InChI is InChI=1S/C17H14Br2O4/c1-3-22-17(21)13-9-12(18)6-7-15(13)23-16(20)11-5-4-10(2)14(19)8-11/h4-9H,3H2,1-2H3. The van der Waals surface area contributed by atoms with Crippen LogP contribution in [-0.4, -0.2) is 18.5 Å². The Morgan fingerprint density at radius 2 is 1.78 bits per heavy atom. The zero-order valence-corrected chi connectivity index (χ0v) is 15.7. The fourth-order valence-electron chi connectivity index (χ4n) is 1.84. The molecule has 0 amide bonds. The van der Waals surface area contributed by atoms with E-state index in [0.29, 0.717) is 10.0 Å². The van der Waals surface area contributed by atoms with E-state index in [1.807, 2.05) is 13.0 Å². The maximum Gasteiger partial charge on any atom is 0.343 e. The molecule has 0 bridgehead atoms. The lowest BCUT2D eigenvalue weighted by Crippen LogP contribution is -2.13. The molecule has 2 aromatic rings. The number of halogens is 2. The van der Waals surface area contributed by atoms with Crippen LogP contribution in [0.3, 0.4) is 0 Å². The minimum absolute atomic E-state index is 0.161. The van der Waals surface area contributed by atoms with E-state index in [1.165, 1.54) is 0 Å². The third-order valence-electron chi connectivity index (χ3n) is 3.05. The molecule has 120 valence electrons. The molecule has 4 nitrogen and oxygen atoms in total. The summed E-state index contributed by atoms with van der Waals surface area (Å²) in [4.78, 5) is 24.3. The zero-order valence-electron chi connectivity index (χ0n) is 12.6. The lowest BCUT2D eigenvalue weighted by atomic mass is 10.1. The van der Waals surface area contributed by atoms with Crippen molar-refractivity contribution in [3.63, 3.8) is 0 Å². The molecular formula is C17H14Br2O4. The number of hydrogen-bond acceptors (Lipinski definition) is 4. The molecule has 2 aromatic carbocycles. The van der Waals surface area contributed by atoms with Crippen molar-refractivity contribution in [3.05, 3.63) is 62.0 Å². The van der Waals surface area contributed by atoms with E-state index in [-0.39, 0.29) is 17.9 Å². The van der Waals surface area contributed by atoms with Gasteiger partial charge in [0.1, 0.15) is 11.3 Å². The van der Waals surface area contributed by atoms with Crippen LogP contribution in [0.2, 0.25) is 0 Å². The topological polar surface area (TPSA) is 52.6 Å². The first-order valence-corrected chi connectivity index (χ1v) is 8.46. The zero-order chi connectivity index (χ0) is 17.0. The molecule has 0 aromatic heterocycles. The Balaban J connectivity index is 2.30. The maximum atomic E-state index is 12.3. The fraction of sp³-hybridized carbons (Fsp3) is 0.176. The smallest absolute Gasteiger partial charge is 0.343 e. The van der Waals surface area contributed by atoms with Crippen molar-refractivity contribution in [2.75, 3.05) is 6.61 Å². The van der Waals surface area contributed by atoms with Gasteiger partial charge < -0.3 is 9.47 Å². The first-order valence-electron chi connectivity index (χ1n) is 6.87. The van der Waals surface area contributed by atoms with E-state index in [0.717, 1.165) is 10.0 Å². The molecule has 0 aliphatic rings. The molecule has 23 heavy (non-hydrogen) atoms. The van der Waals surface area contributed by atoms with Crippen molar-refractivity contribution < 1.29 is 19.1 Å². The third-order valence-corrected chi connectivity index (χ3v) is 4.39. The summed E-state index contributed by atoms with van der Waals surface area (Å²) in [6.45, 7) is 3.88. The van der Waals surface area contributed by atoms with E-state index in [1.54, 1.807) is 37.3 Å². The first kappa shape index (κ1) is 17.7. The molecule has 2 rings (SSSR count). The predicted octanol–water partition coefficient (Wildman–Crippen LogP) is 4.92.